The minimum Gasteiger partial charge on any atom is -0.361 e. The third-order valence-electron chi connectivity index (χ3n) is 3.09. The highest BCUT2D eigenvalue weighted by atomic mass is 19.2. The highest BCUT2D eigenvalue weighted by molar-refractivity contribution is 5.64. The predicted octanol–water partition coefficient (Wildman–Crippen LogP) is 4.87. The second-order valence-corrected chi connectivity index (χ2v) is 5.28. The first kappa shape index (κ1) is 13.7. The van der Waals surface area contributed by atoms with E-state index in [0.29, 0.717) is 11.3 Å². The van der Waals surface area contributed by atoms with Crippen LogP contribution in [0, 0.1) is 11.6 Å². The molecule has 2 aromatic rings. The lowest BCUT2D eigenvalue weighted by Crippen LogP contribution is -1.97. The third-order valence-corrected chi connectivity index (χ3v) is 3.09. The molecule has 0 radical (unpaired) electrons. The van der Waals surface area contributed by atoms with Gasteiger partial charge in [0.1, 0.15) is 11.5 Å². The van der Waals surface area contributed by atoms with Gasteiger partial charge >= 0.3 is 0 Å². The Labute approximate surface area is 111 Å². The van der Waals surface area contributed by atoms with Crippen LogP contribution in [-0.4, -0.2) is 5.16 Å². The Kier molecular flexibility index (Phi) is 3.69. The molecule has 0 fully saturated rings. The molecule has 2 rings (SSSR count). The molecule has 19 heavy (non-hydrogen) atoms. The summed E-state index contributed by atoms with van der Waals surface area (Å²) in [7, 11) is 0. The number of aromatic nitrogens is 1. The summed E-state index contributed by atoms with van der Waals surface area (Å²) >= 11 is 0. The minimum absolute atomic E-state index is 0.0734. The number of rotatable bonds is 3. The molecular formula is C15H17F2NO. The Hall–Kier alpha value is -1.71. The Morgan fingerprint density at radius 1 is 0.947 bits per heavy atom. The second kappa shape index (κ2) is 5.11. The van der Waals surface area contributed by atoms with Crippen LogP contribution in [0.1, 0.15) is 50.9 Å². The van der Waals surface area contributed by atoms with Gasteiger partial charge in [0.05, 0.1) is 0 Å². The summed E-state index contributed by atoms with van der Waals surface area (Å²) in [4.78, 5) is 0. The highest BCUT2D eigenvalue weighted by Crippen LogP contribution is 2.32. The zero-order valence-corrected chi connectivity index (χ0v) is 11.5. The molecule has 102 valence electrons. The van der Waals surface area contributed by atoms with Crippen LogP contribution in [-0.2, 0) is 0 Å². The summed E-state index contributed by atoms with van der Waals surface area (Å²) in [5.41, 5.74) is 1.86. The molecule has 4 heteroatoms. The van der Waals surface area contributed by atoms with Crippen molar-refractivity contribution in [2.24, 2.45) is 0 Å². The zero-order valence-electron chi connectivity index (χ0n) is 11.5. The summed E-state index contributed by atoms with van der Waals surface area (Å²) in [5.74, 6) is -0.693. The molecule has 0 spiro atoms. The maximum atomic E-state index is 13.4. The average Bonchev–Trinajstić information content (AvgIpc) is 2.81. The molecule has 0 aliphatic rings. The summed E-state index contributed by atoms with van der Waals surface area (Å²) in [6.45, 7) is 7.83. The first-order chi connectivity index (χ1) is 8.90. The molecular weight excluding hydrogens is 248 g/mol. The lowest BCUT2D eigenvalue weighted by atomic mass is 9.94. The molecule has 2 nitrogen and oxygen atoms in total. The summed E-state index contributed by atoms with van der Waals surface area (Å²) in [6.07, 6.45) is 0. The van der Waals surface area contributed by atoms with Crippen LogP contribution in [0.15, 0.2) is 22.7 Å². The van der Waals surface area contributed by atoms with E-state index >= 15 is 0 Å². The largest absolute Gasteiger partial charge is 0.361 e. The van der Waals surface area contributed by atoms with Gasteiger partial charge < -0.3 is 4.52 Å². The maximum absolute atomic E-state index is 13.4. The molecule has 0 N–H and O–H groups in total. The lowest BCUT2D eigenvalue weighted by Gasteiger charge is -2.11. The van der Waals surface area contributed by atoms with Crippen molar-refractivity contribution in [1.82, 2.24) is 5.16 Å². The van der Waals surface area contributed by atoms with Gasteiger partial charge in [0, 0.05) is 17.5 Å². The van der Waals surface area contributed by atoms with Gasteiger partial charge in [-0.1, -0.05) is 32.9 Å². The van der Waals surface area contributed by atoms with Crippen LogP contribution >= 0.6 is 0 Å². The number of hydrogen-bond donors (Lipinski definition) is 0. The molecule has 0 saturated heterocycles. The first-order valence-electron chi connectivity index (χ1n) is 6.36. The number of nitrogens with zero attached hydrogens (tertiary/aromatic N) is 1. The minimum atomic E-state index is -0.867. The van der Waals surface area contributed by atoms with Gasteiger partial charge in [-0.3, -0.25) is 0 Å². The molecule has 0 saturated carbocycles. The Morgan fingerprint density at radius 3 is 2.11 bits per heavy atom. The molecule has 0 aliphatic carbocycles. The van der Waals surface area contributed by atoms with E-state index in [9.17, 15) is 8.78 Å². The van der Waals surface area contributed by atoms with Crippen molar-refractivity contribution < 1.29 is 13.3 Å². The van der Waals surface area contributed by atoms with Crippen molar-refractivity contribution in [2.75, 3.05) is 0 Å². The van der Waals surface area contributed by atoms with Gasteiger partial charge in [-0.25, -0.2) is 8.78 Å². The maximum Gasteiger partial charge on any atom is 0.159 e. The fraction of sp³-hybridized carbons (Fsp3) is 0.400. The smallest absolute Gasteiger partial charge is 0.159 e. The fourth-order valence-electron chi connectivity index (χ4n) is 1.95. The lowest BCUT2D eigenvalue weighted by molar-refractivity contribution is 0.373. The van der Waals surface area contributed by atoms with E-state index in [1.807, 2.05) is 27.7 Å². The van der Waals surface area contributed by atoms with Gasteiger partial charge in [0.25, 0.3) is 0 Å². The van der Waals surface area contributed by atoms with Crippen molar-refractivity contribution in [2.45, 2.75) is 39.5 Å². The van der Waals surface area contributed by atoms with Crippen molar-refractivity contribution in [3.05, 3.63) is 41.2 Å². The van der Waals surface area contributed by atoms with Crippen LogP contribution in [0.25, 0.3) is 11.3 Å². The molecule has 1 aromatic carbocycles. The molecule has 1 aromatic heterocycles. The van der Waals surface area contributed by atoms with Crippen LogP contribution in [0.4, 0.5) is 8.78 Å². The first-order valence-corrected chi connectivity index (χ1v) is 6.36. The standard InChI is InChI=1S/C15H17F2NO/c1-8(2)10-5-12(16)13(17)6-11(10)14-7-15(9(3)4)19-18-14/h5-9H,1-4H3. The molecule has 0 aliphatic heterocycles. The predicted molar refractivity (Wildman–Crippen MR) is 70.0 cm³/mol. The topological polar surface area (TPSA) is 26.0 Å². The quantitative estimate of drug-likeness (QED) is 0.791. The van der Waals surface area contributed by atoms with Gasteiger partial charge in [-0.15, -0.1) is 0 Å². The van der Waals surface area contributed by atoms with Crippen LogP contribution < -0.4 is 0 Å². The van der Waals surface area contributed by atoms with Gasteiger partial charge in [0.15, 0.2) is 11.6 Å². The Bertz CT molecular complexity index is 588. The van der Waals surface area contributed by atoms with Gasteiger partial charge in [-0.2, -0.15) is 0 Å². The van der Waals surface area contributed by atoms with Crippen LogP contribution in [0.5, 0.6) is 0 Å². The fourth-order valence-corrected chi connectivity index (χ4v) is 1.95. The molecule has 1 heterocycles. The number of benzene rings is 1. The highest BCUT2D eigenvalue weighted by Gasteiger charge is 2.17. The van der Waals surface area contributed by atoms with Crippen molar-refractivity contribution in [1.29, 1.82) is 0 Å². The number of hydrogen-bond acceptors (Lipinski definition) is 2. The van der Waals surface area contributed by atoms with E-state index in [1.165, 1.54) is 12.1 Å². The van der Waals surface area contributed by atoms with E-state index < -0.39 is 11.6 Å². The normalized spacial score (nSPS) is 11.6. The third kappa shape index (κ3) is 2.67. The molecule has 0 bridgehead atoms. The van der Waals surface area contributed by atoms with Crippen LogP contribution in [0.2, 0.25) is 0 Å². The Balaban J connectivity index is 2.56. The van der Waals surface area contributed by atoms with E-state index in [-0.39, 0.29) is 11.8 Å². The zero-order chi connectivity index (χ0) is 14.2. The average molecular weight is 265 g/mol. The SMILES string of the molecule is CC(C)c1cc(-c2cc(F)c(F)cc2C(C)C)no1. The summed E-state index contributed by atoms with van der Waals surface area (Å²) in [5, 5.41) is 3.96. The molecule has 0 amide bonds. The van der Waals surface area contributed by atoms with Crippen molar-refractivity contribution in [3.63, 3.8) is 0 Å². The molecule has 0 atom stereocenters. The number of halogens is 2. The summed E-state index contributed by atoms with van der Waals surface area (Å²) < 4.78 is 32.0. The van der Waals surface area contributed by atoms with E-state index in [2.05, 4.69) is 5.16 Å². The van der Waals surface area contributed by atoms with E-state index in [1.54, 1.807) is 6.07 Å². The van der Waals surface area contributed by atoms with E-state index in [0.717, 1.165) is 11.3 Å². The van der Waals surface area contributed by atoms with E-state index in [4.69, 9.17) is 4.52 Å². The monoisotopic (exact) mass is 265 g/mol. The Morgan fingerprint density at radius 2 is 1.58 bits per heavy atom. The van der Waals surface area contributed by atoms with Crippen LogP contribution in [0.3, 0.4) is 0 Å². The van der Waals surface area contributed by atoms with Gasteiger partial charge in [0.2, 0.25) is 0 Å². The van der Waals surface area contributed by atoms with Crippen molar-refractivity contribution >= 4 is 0 Å². The van der Waals surface area contributed by atoms with Gasteiger partial charge in [-0.05, 0) is 23.6 Å². The van der Waals surface area contributed by atoms with Crippen molar-refractivity contribution in [3.8, 4) is 11.3 Å². The second-order valence-electron chi connectivity index (χ2n) is 5.28. The summed E-state index contributed by atoms with van der Waals surface area (Å²) in [6, 6.07) is 4.20. The molecule has 0 unspecified atom stereocenters.